The van der Waals surface area contributed by atoms with Gasteiger partial charge in [0.25, 0.3) is 11.5 Å². The number of nitrogens with two attached hydrogens (primary N) is 1. The lowest BCUT2D eigenvalue weighted by molar-refractivity contribution is -0.0898. The first kappa shape index (κ1) is 19.3. The monoisotopic (exact) mass is 397 g/mol. The van der Waals surface area contributed by atoms with Crippen molar-refractivity contribution >= 4 is 26.6 Å². The molecule has 2 heterocycles. The van der Waals surface area contributed by atoms with Gasteiger partial charge in [-0.25, -0.2) is 13.4 Å². The molecular formula is C16H19N3O7S. The molecule has 1 amide bonds. The molecule has 3 rings (SSSR count). The molecule has 1 fully saturated rings. The van der Waals surface area contributed by atoms with Crippen molar-refractivity contribution in [1.82, 2.24) is 9.71 Å². The van der Waals surface area contributed by atoms with Crippen molar-refractivity contribution in [2.45, 2.75) is 11.9 Å². The van der Waals surface area contributed by atoms with E-state index in [4.69, 9.17) is 20.0 Å². The smallest absolute Gasteiger partial charge is 0.295 e. The molecule has 0 aliphatic carbocycles. The van der Waals surface area contributed by atoms with E-state index in [-0.39, 0.29) is 29.1 Å². The second kappa shape index (κ2) is 7.25. The van der Waals surface area contributed by atoms with Crippen LogP contribution in [-0.2, 0) is 25.1 Å². The standard InChI is InChI=1S/C16H19N3O7S/c1-24-19-15(14(17)20)18-10-4-3-9(8-27(2,22)23)12(13(10)16(19)21)11-7-25-5-6-26-11/h3-4,11H,5-8H2,1-2H3,(H2,17,20). The highest BCUT2D eigenvalue weighted by Gasteiger charge is 2.27. The summed E-state index contributed by atoms with van der Waals surface area (Å²) in [6.45, 7) is 0.847. The topological polar surface area (TPSA) is 140 Å². The summed E-state index contributed by atoms with van der Waals surface area (Å²) in [6.07, 6.45) is 0.444. The number of hydrogen-bond acceptors (Lipinski definition) is 8. The lowest BCUT2D eigenvalue weighted by Crippen LogP contribution is -2.35. The van der Waals surface area contributed by atoms with Gasteiger partial charge in [-0.3, -0.25) is 9.59 Å². The largest absolute Gasteiger partial charge is 0.412 e. The average molecular weight is 397 g/mol. The Kier molecular flexibility index (Phi) is 5.18. The van der Waals surface area contributed by atoms with Crippen LogP contribution >= 0.6 is 0 Å². The van der Waals surface area contributed by atoms with Crippen LogP contribution in [-0.4, -0.2) is 57.2 Å². The molecule has 27 heavy (non-hydrogen) atoms. The fraction of sp³-hybridized carbons (Fsp3) is 0.438. The van der Waals surface area contributed by atoms with Crippen LogP contribution in [0, 0.1) is 0 Å². The number of nitrogens with zero attached hydrogens (tertiary/aromatic N) is 2. The predicted octanol–water partition coefficient (Wildman–Crippen LogP) is -0.814. The minimum atomic E-state index is -3.39. The van der Waals surface area contributed by atoms with Crippen molar-refractivity contribution in [3.05, 3.63) is 39.4 Å². The SMILES string of the molecule is COn1c(C(N)=O)nc2ccc(CS(C)(=O)=O)c(C3COCCO3)c2c1=O. The van der Waals surface area contributed by atoms with Gasteiger partial charge in [-0.05, 0) is 11.6 Å². The maximum atomic E-state index is 13.0. The Balaban J connectivity index is 2.37. The molecule has 146 valence electrons. The van der Waals surface area contributed by atoms with E-state index in [0.29, 0.717) is 29.1 Å². The molecule has 0 radical (unpaired) electrons. The molecule has 0 saturated carbocycles. The minimum Gasteiger partial charge on any atom is -0.412 e. The number of primary amides is 1. The van der Waals surface area contributed by atoms with E-state index in [1.165, 1.54) is 13.2 Å². The lowest BCUT2D eigenvalue weighted by atomic mass is 9.98. The number of benzene rings is 1. The maximum Gasteiger partial charge on any atom is 0.295 e. The zero-order valence-electron chi connectivity index (χ0n) is 14.8. The van der Waals surface area contributed by atoms with Gasteiger partial charge in [0.15, 0.2) is 9.84 Å². The average Bonchev–Trinajstić information content (AvgIpc) is 2.61. The Morgan fingerprint density at radius 3 is 2.70 bits per heavy atom. The zero-order valence-corrected chi connectivity index (χ0v) is 15.6. The van der Waals surface area contributed by atoms with Crippen LogP contribution in [0.5, 0.6) is 0 Å². The van der Waals surface area contributed by atoms with Gasteiger partial charge in [0.05, 0.1) is 36.5 Å². The molecule has 2 aromatic rings. The normalized spacial score (nSPS) is 17.8. The molecule has 11 heteroatoms. The van der Waals surface area contributed by atoms with Crippen molar-refractivity contribution in [2.24, 2.45) is 5.73 Å². The fourth-order valence-electron chi connectivity index (χ4n) is 3.08. The van der Waals surface area contributed by atoms with Crippen LogP contribution in [0.25, 0.3) is 10.9 Å². The molecule has 1 saturated heterocycles. The molecule has 0 bridgehead atoms. The quantitative estimate of drug-likeness (QED) is 0.691. The van der Waals surface area contributed by atoms with Gasteiger partial charge >= 0.3 is 0 Å². The summed E-state index contributed by atoms with van der Waals surface area (Å²) in [5, 5.41) is 0.0958. The number of hydrogen-bond donors (Lipinski definition) is 1. The van der Waals surface area contributed by atoms with E-state index >= 15 is 0 Å². The number of carbonyl (C=O) groups excluding carboxylic acids is 1. The van der Waals surface area contributed by atoms with Crippen molar-refractivity contribution in [2.75, 3.05) is 33.2 Å². The number of fused-ring (bicyclic) bond motifs is 1. The molecule has 1 aliphatic heterocycles. The van der Waals surface area contributed by atoms with Crippen LogP contribution in [0.3, 0.4) is 0 Å². The third kappa shape index (κ3) is 3.80. The van der Waals surface area contributed by atoms with Gasteiger partial charge in [-0.2, -0.15) is 0 Å². The third-order valence-electron chi connectivity index (χ3n) is 4.09. The summed E-state index contributed by atoms with van der Waals surface area (Å²) >= 11 is 0. The maximum absolute atomic E-state index is 13.0. The van der Waals surface area contributed by atoms with Crippen LogP contribution in [0.15, 0.2) is 16.9 Å². The number of aromatic nitrogens is 2. The molecule has 1 unspecified atom stereocenters. The van der Waals surface area contributed by atoms with Crippen molar-refractivity contribution in [3.8, 4) is 0 Å². The summed E-state index contributed by atoms with van der Waals surface area (Å²) in [5.74, 6) is -1.59. The number of carbonyl (C=O) groups is 1. The van der Waals surface area contributed by atoms with E-state index < -0.39 is 27.4 Å². The van der Waals surface area contributed by atoms with Gasteiger partial charge < -0.3 is 20.0 Å². The third-order valence-corrected chi connectivity index (χ3v) is 4.92. The number of amides is 1. The summed E-state index contributed by atoms with van der Waals surface area (Å²) in [5.41, 5.74) is 5.53. The van der Waals surface area contributed by atoms with Crippen molar-refractivity contribution < 1.29 is 27.5 Å². The Morgan fingerprint density at radius 1 is 1.41 bits per heavy atom. The molecule has 10 nitrogen and oxygen atoms in total. The van der Waals surface area contributed by atoms with Gasteiger partial charge in [0, 0.05) is 11.8 Å². The molecule has 2 N–H and O–H groups in total. The van der Waals surface area contributed by atoms with E-state index in [1.807, 2.05) is 0 Å². The van der Waals surface area contributed by atoms with Crippen LogP contribution < -0.4 is 16.1 Å². The van der Waals surface area contributed by atoms with E-state index in [9.17, 15) is 18.0 Å². The summed E-state index contributed by atoms with van der Waals surface area (Å²) in [6, 6.07) is 3.02. The second-order valence-electron chi connectivity index (χ2n) is 6.12. The summed E-state index contributed by atoms with van der Waals surface area (Å²) in [4.78, 5) is 33.7. The van der Waals surface area contributed by atoms with E-state index in [0.717, 1.165) is 6.26 Å². The number of sulfone groups is 1. The van der Waals surface area contributed by atoms with Crippen molar-refractivity contribution in [3.63, 3.8) is 0 Å². The fourth-order valence-corrected chi connectivity index (χ4v) is 3.90. The Hall–Kier alpha value is -2.50. The van der Waals surface area contributed by atoms with Gasteiger partial charge in [-0.15, -0.1) is 4.73 Å². The Morgan fingerprint density at radius 2 is 2.15 bits per heavy atom. The first-order valence-corrected chi connectivity index (χ1v) is 10.1. The zero-order chi connectivity index (χ0) is 19.8. The van der Waals surface area contributed by atoms with Gasteiger partial charge in [-0.1, -0.05) is 6.07 Å². The van der Waals surface area contributed by atoms with Crippen LogP contribution in [0.4, 0.5) is 0 Å². The van der Waals surface area contributed by atoms with E-state index in [1.54, 1.807) is 6.07 Å². The van der Waals surface area contributed by atoms with Gasteiger partial charge in [0.2, 0.25) is 5.82 Å². The minimum absolute atomic E-state index is 0.0958. The van der Waals surface area contributed by atoms with Crippen LogP contribution in [0.2, 0.25) is 0 Å². The van der Waals surface area contributed by atoms with Crippen LogP contribution in [0.1, 0.15) is 27.8 Å². The highest BCUT2D eigenvalue weighted by Crippen LogP contribution is 2.30. The lowest BCUT2D eigenvalue weighted by Gasteiger charge is -2.26. The molecule has 1 aliphatic rings. The first-order chi connectivity index (χ1) is 12.7. The van der Waals surface area contributed by atoms with Gasteiger partial charge in [0.1, 0.15) is 13.2 Å². The highest BCUT2D eigenvalue weighted by atomic mass is 32.2. The molecule has 1 atom stereocenters. The number of ether oxygens (including phenoxy) is 2. The molecule has 1 aromatic carbocycles. The summed E-state index contributed by atoms with van der Waals surface area (Å²) in [7, 11) is -2.19. The van der Waals surface area contributed by atoms with Crippen molar-refractivity contribution in [1.29, 1.82) is 0 Å². The Bertz CT molecular complexity index is 1060. The Labute approximate surface area is 154 Å². The second-order valence-corrected chi connectivity index (χ2v) is 8.26. The first-order valence-electron chi connectivity index (χ1n) is 8.03. The molecule has 1 aromatic heterocycles. The van der Waals surface area contributed by atoms with E-state index in [2.05, 4.69) is 4.98 Å². The number of rotatable bonds is 5. The molecular weight excluding hydrogens is 378 g/mol. The highest BCUT2D eigenvalue weighted by molar-refractivity contribution is 7.89. The summed E-state index contributed by atoms with van der Waals surface area (Å²) < 4.78 is 35.5. The predicted molar refractivity (Wildman–Crippen MR) is 95.1 cm³/mol. The molecule has 0 spiro atoms.